The topological polar surface area (TPSA) is 101 Å². The molecule has 0 atom stereocenters. The number of benzene rings is 2. The molecule has 0 amide bonds. The summed E-state index contributed by atoms with van der Waals surface area (Å²) < 4.78 is 34.6. The molecular formula is C14H12O6S. The fourth-order valence-corrected chi connectivity index (χ4v) is 2.21. The van der Waals surface area contributed by atoms with Gasteiger partial charge in [0.1, 0.15) is 11.5 Å². The number of ketones is 1. The van der Waals surface area contributed by atoms with Crippen LogP contribution in [0.1, 0.15) is 21.5 Å². The van der Waals surface area contributed by atoms with Gasteiger partial charge in [-0.3, -0.25) is 9.35 Å². The molecule has 0 saturated heterocycles. The zero-order valence-corrected chi connectivity index (χ0v) is 11.8. The van der Waals surface area contributed by atoms with Gasteiger partial charge in [0.2, 0.25) is 0 Å². The van der Waals surface area contributed by atoms with Gasteiger partial charge in [-0.05, 0) is 24.6 Å². The molecule has 2 aromatic carbocycles. The highest BCUT2D eigenvalue weighted by molar-refractivity contribution is 7.81. The zero-order chi connectivity index (χ0) is 15.6. The highest BCUT2D eigenvalue weighted by Gasteiger charge is 2.18. The van der Waals surface area contributed by atoms with E-state index in [1.54, 1.807) is 30.3 Å². The molecule has 0 saturated carbocycles. The van der Waals surface area contributed by atoms with Crippen molar-refractivity contribution in [3.63, 3.8) is 0 Å². The molecule has 6 nitrogen and oxygen atoms in total. The van der Waals surface area contributed by atoms with Crippen LogP contribution in [0.3, 0.4) is 0 Å². The summed E-state index contributed by atoms with van der Waals surface area (Å²) >= 11 is 0. The van der Waals surface area contributed by atoms with Crippen molar-refractivity contribution in [2.45, 2.75) is 6.92 Å². The summed E-state index contributed by atoms with van der Waals surface area (Å²) in [6.45, 7) is 1.47. The van der Waals surface area contributed by atoms with Crippen molar-refractivity contribution in [1.82, 2.24) is 0 Å². The van der Waals surface area contributed by atoms with Crippen molar-refractivity contribution < 1.29 is 27.1 Å². The number of hydrogen-bond donors (Lipinski definition) is 2. The van der Waals surface area contributed by atoms with Gasteiger partial charge >= 0.3 is 10.4 Å². The number of aryl methyl sites for hydroxylation is 1. The lowest BCUT2D eigenvalue weighted by atomic mass is 10.0. The normalized spacial score (nSPS) is 11.1. The maximum absolute atomic E-state index is 12.3. The first-order valence-corrected chi connectivity index (χ1v) is 7.24. The first-order valence-electron chi connectivity index (χ1n) is 5.88. The van der Waals surface area contributed by atoms with Crippen LogP contribution in [0.2, 0.25) is 0 Å². The summed E-state index contributed by atoms with van der Waals surface area (Å²) in [5, 5.41) is 9.86. The Morgan fingerprint density at radius 2 is 1.76 bits per heavy atom. The molecule has 2 rings (SSSR count). The van der Waals surface area contributed by atoms with Crippen LogP contribution >= 0.6 is 0 Å². The lowest BCUT2D eigenvalue weighted by Gasteiger charge is -2.10. The number of aromatic hydroxyl groups is 1. The standard InChI is InChI=1S/C14H12O6S/c1-9-7-12(15)11(8-13(9)20-21(17,18)19)14(16)10-5-3-2-4-6-10/h2-8,15H,1H3,(H,17,18,19). The van der Waals surface area contributed by atoms with Crippen molar-refractivity contribution in [3.05, 3.63) is 59.2 Å². The van der Waals surface area contributed by atoms with E-state index in [-0.39, 0.29) is 22.6 Å². The predicted molar refractivity (Wildman–Crippen MR) is 74.9 cm³/mol. The van der Waals surface area contributed by atoms with Crippen LogP contribution in [0.5, 0.6) is 11.5 Å². The monoisotopic (exact) mass is 308 g/mol. The molecule has 0 radical (unpaired) electrons. The van der Waals surface area contributed by atoms with Crippen molar-refractivity contribution in [1.29, 1.82) is 0 Å². The Kier molecular flexibility index (Phi) is 3.97. The molecule has 0 aliphatic rings. The van der Waals surface area contributed by atoms with E-state index < -0.39 is 16.2 Å². The molecule has 0 aliphatic heterocycles. The predicted octanol–water partition coefficient (Wildman–Crippen LogP) is 2.11. The Labute approximate surface area is 121 Å². The summed E-state index contributed by atoms with van der Waals surface area (Å²) in [5.41, 5.74) is 0.467. The summed E-state index contributed by atoms with van der Waals surface area (Å²) in [6, 6.07) is 10.4. The van der Waals surface area contributed by atoms with Gasteiger partial charge in [0.15, 0.2) is 5.78 Å². The largest absolute Gasteiger partial charge is 0.507 e. The maximum Gasteiger partial charge on any atom is 0.446 e. The highest BCUT2D eigenvalue weighted by atomic mass is 32.3. The average Bonchev–Trinajstić information content (AvgIpc) is 2.41. The van der Waals surface area contributed by atoms with Gasteiger partial charge in [0.25, 0.3) is 0 Å². The number of phenolic OH excluding ortho intramolecular Hbond substituents is 1. The van der Waals surface area contributed by atoms with Crippen LogP contribution in [-0.2, 0) is 10.4 Å². The Morgan fingerprint density at radius 3 is 2.33 bits per heavy atom. The molecule has 2 aromatic rings. The Balaban J connectivity index is 2.49. The number of carbonyl (C=O) groups excluding carboxylic acids is 1. The zero-order valence-electron chi connectivity index (χ0n) is 11.0. The van der Waals surface area contributed by atoms with Crippen LogP contribution in [0.4, 0.5) is 0 Å². The van der Waals surface area contributed by atoms with Crippen molar-refractivity contribution in [3.8, 4) is 11.5 Å². The van der Waals surface area contributed by atoms with Crippen LogP contribution in [0.25, 0.3) is 0 Å². The molecule has 0 spiro atoms. The second-order valence-corrected chi connectivity index (χ2v) is 5.36. The van der Waals surface area contributed by atoms with Gasteiger partial charge < -0.3 is 9.29 Å². The maximum atomic E-state index is 12.3. The molecule has 0 bridgehead atoms. The van der Waals surface area contributed by atoms with Gasteiger partial charge in [-0.1, -0.05) is 30.3 Å². The lowest BCUT2D eigenvalue weighted by molar-refractivity contribution is 0.103. The van der Waals surface area contributed by atoms with Crippen LogP contribution in [0, 0.1) is 6.92 Å². The van der Waals surface area contributed by atoms with E-state index >= 15 is 0 Å². The molecule has 2 N–H and O–H groups in total. The minimum atomic E-state index is -4.71. The SMILES string of the molecule is Cc1cc(O)c(C(=O)c2ccccc2)cc1OS(=O)(=O)O. The fraction of sp³-hybridized carbons (Fsp3) is 0.0714. The molecule has 0 unspecified atom stereocenters. The lowest BCUT2D eigenvalue weighted by Crippen LogP contribution is -2.09. The first kappa shape index (κ1) is 15.0. The summed E-state index contributed by atoms with van der Waals surface area (Å²) in [6.07, 6.45) is 0. The highest BCUT2D eigenvalue weighted by Crippen LogP contribution is 2.30. The Bertz CT molecular complexity index is 781. The van der Waals surface area contributed by atoms with Crippen LogP contribution in [0.15, 0.2) is 42.5 Å². The molecular weight excluding hydrogens is 296 g/mol. The van der Waals surface area contributed by atoms with E-state index in [1.165, 1.54) is 13.0 Å². The Hall–Kier alpha value is -2.38. The fourth-order valence-electron chi connectivity index (χ4n) is 1.80. The quantitative estimate of drug-likeness (QED) is 0.662. The van der Waals surface area contributed by atoms with E-state index in [1.807, 2.05) is 0 Å². The van der Waals surface area contributed by atoms with E-state index in [0.29, 0.717) is 5.56 Å². The van der Waals surface area contributed by atoms with Gasteiger partial charge in [0.05, 0.1) is 5.56 Å². The molecule has 7 heteroatoms. The number of rotatable bonds is 4. The molecule has 21 heavy (non-hydrogen) atoms. The molecule has 0 heterocycles. The summed E-state index contributed by atoms with van der Waals surface area (Å²) in [5.74, 6) is -1.02. The second kappa shape index (κ2) is 5.55. The number of hydrogen-bond acceptors (Lipinski definition) is 5. The van der Waals surface area contributed by atoms with Gasteiger partial charge in [-0.25, -0.2) is 0 Å². The van der Waals surface area contributed by atoms with Gasteiger partial charge in [-0.15, -0.1) is 0 Å². The third-order valence-corrected chi connectivity index (χ3v) is 3.16. The van der Waals surface area contributed by atoms with E-state index in [2.05, 4.69) is 4.18 Å². The average molecular weight is 308 g/mol. The van der Waals surface area contributed by atoms with E-state index in [9.17, 15) is 18.3 Å². The van der Waals surface area contributed by atoms with Gasteiger partial charge in [0, 0.05) is 5.56 Å². The molecule has 0 fully saturated rings. The second-order valence-electron chi connectivity index (χ2n) is 4.34. The van der Waals surface area contributed by atoms with E-state index in [0.717, 1.165) is 6.07 Å². The van der Waals surface area contributed by atoms with E-state index in [4.69, 9.17) is 4.55 Å². The minimum Gasteiger partial charge on any atom is -0.507 e. The van der Waals surface area contributed by atoms with Gasteiger partial charge in [-0.2, -0.15) is 8.42 Å². The van der Waals surface area contributed by atoms with Crippen LogP contribution < -0.4 is 4.18 Å². The van der Waals surface area contributed by atoms with Crippen molar-refractivity contribution >= 4 is 16.2 Å². The minimum absolute atomic E-state index is 0.120. The smallest absolute Gasteiger partial charge is 0.446 e. The van der Waals surface area contributed by atoms with Crippen molar-refractivity contribution in [2.24, 2.45) is 0 Å². The summed E-state index contributed by atoms with van der Waals surface area (Å²) in [7, 11) is -4.71. The molecule has 110 valence electrons. The first-order chi connectivity index (χ1) is 9.78. The summed E-state index contributed by atoms with van der Waals surface area (Å²) in [4.78, 5) is 12.3. The van der Waals surface area contributed by atoms with Crippen LogP contribution in [-0.4, -0.2) is 23.9 Å². The molecule has 0 aliphatic carbocycles. The van der Waals surface area contributed by atoms with Crippen molar-refractivity contribution in [2.75, 3.05) is 0 Å². The number of carbonyl (C=O) groups is 1. The number of phenols is 1. The molecule has 0 aromatic heterocycles. The third-order valence-electron chi connectivity index (χ3n) is 2.77. The third kappa shape index (κ3) is 3.59. The Morgan fingerprint density at radius 1 is 1.14 bits per heavy atom.